The van der Waals surface area contributed by atoms with E-state index in [9.17, 15) is 13.2 Å². The van der Waals surface area contributed by atoms with Crippen LogP contribution in [-0.4, -0.2) is 38.4 Å². The van der Waals surface area contributed by atoms with E-state index >= 15 is 0 Å². The van der Waals surface area contributed by atoms with Gasteiger partial charge in [-0.15, -0.1) is 0 Å². The minimum Gasteiger partial charge on any atom is -0.272 e. The largest absolute Gasteiger partial charge is 0.272 e. The molecule has 0 spiro atoms. The monoisotopic (exact) mass is 443 g/mol. The fourth-order valence-electron chi connectivity index (χ4n) is 1.87. The van der Waals surface area contributed by atoms with Gasteiger partial charge in [-0.2, -0.15) is 9.41 Å². The van der Waals surface area contributed by atoms with Crippen molar-refractivity contribution >= 4 is 49.7 Å². The van der Waals surface area contributed by atoms with Crippen molar-refractivity contribution in [3.63, 3.8) is 0 Å². The van der Waals surface area contributed by atoms with Gasteiger partial charge in [0.05, 0.1) is 17.7 Å². The van der Waals surface area contributed by atoms with Gasteiger partial charge in [-0.3, -0.25) is 4.79 Å². The molecule has 0 saturated heterocycles. The quantitative estimate of drug-likeness (QED) is 0.550. The van der Waals surface area contributed by atoms with Gasteiger partial charge >= 0.3 is 0 Å². The van der Waals surface area contributed by atoms with E-state index < -0.39 is 15.9 Å². The highest BCUT2D eigenvalue weighted by atomic mass is 79.9. The molecule has 25 heavy (non-hydrogen) atoms. The molecule has 0 unspecified atom stereocenters. The van der Waals surface area contributed by atoms with Gasteiger partial charge in [-0.25, -0.2) is 13.8 Å². The number of benzene rings is 2. The molecule has 0 bridgehead atoms. The number of nitrogens with zero attached hydrogens (tertiary/aromatic N) is 2. The smallest absolute Gasteiger partial charge is 0.255 e. The maximum Gasteiger partial charge on any atom is 0.255 e. The van der Waals surface area contributed by atoms with Crippen LogP contribution in [0.25, 0.3) is 0 Å². The number of carbonyl (C=O) groups is 1. The van der Waals surface area contributed by atoms with Crippen LogP contribution in [0.5, 0.6) is 0 Å². The molecule has 1 N–H and O–H groups in total. The molecule has 0 radical (unpaired) electrons. The molecule has 0 aliphatic rings. The number of hydrogen-bond donors (Lipinski definition) is 1. The first-order valence-corrected chi connectivity index (χ1v) is 9.69. The molecule has 6 nitrogen and oxygen atoms in total. The first-order chi connectivity index (χ1) is 11.8. The Bertz CT molecular complexity index is 886. The van der Waals surface area contributed by atoms with Gasteiger partial charge in [-0.1, -0.05) is 39.7 Å². The Labute approximate surface area is 159 Å². The molecule has 2 rings (SSSR count). The molecule has 132 valence electrons. The Kier molecular flexibility index (Phi) is 6.71. The van der Waals surface area contributed by atoms with E-state index in [2.05, 4.69) is 26.5 Å². The van der Waals surface area contributed by atoms with Crippen LogP contribution in [-0.2, 0) is 14.8 Å². The van der Waals surface area contributed by atoms with Gasteiger partial charge in [-0.05, 0) is 42.0 Å². The number of sulfonamides is 1. The van der Waals surface area contributed by atoms with E-state index in [1.807, 2.05) is 0 Å². The first kappa shape index (κ1) is 19.6. The van der Waals surface area contributed by atoms with Crippen LogP contribution in [0.15, 0.2) is 63.0 Å². The predicted octanol–water partition coefficient (Wildman–Crippen LogP) is 2.87. The number of halogens is 2. The topological polar surface area (TPSA) is 78.8 Å². The molecule has 0 saturated carbocycles. The van der Waals surface area contributed by atoms with Gasteiger partial charge in [0.15, 0.2) is 0 Å². The summed E-state index contributed by atoms with van der Waals surface area (Å²) in [5, 5.41) is 4.34. The van der Waals surface area contributed by atoms with E-state index in [1.165, 1.54) is 25.4 Å². The van der Waals surface area contributed by atoms with Crippen LogP contribution >= 0.6 is 27.5 Å². The second-order valence-electron chi connectivity index (χ2n) is 5.06. The van der Waals surface area contributed by atoms with E-state index in [0.717, 1.165) is 8.78 Å². The predicted molar refractivity (Wildman–Crippen MR) is 101 cm³/mol. The molecule has 0 aromatic heterocycles. The molecule has 0 fully saturated rings. The standard InChI is InChI=1S/C16H15BrClN3O3S/c1-21(25(23,24)15-7-5-13(17)6-8-15)11-16(22)20-19-10-12-3-2-4-14(18)9-12/h2-10H,11H2,1H3,(H,20,22)/b19-10-. The number of likely N-dealkylation sites (N-methyl/N-ethyl adjacent to an activating group) is 1. The first-order valence-electron chi connectivity index (χ1n) is 7.08. The van der Waals surface area contributed by atoms with Crippen LogP contribution < -0.4 is 5.43 Å². The van der Waals surface area contributed by atoms with Crippen molar-refractivity contribution in [3.05, 3.63) is 63.6 Å². The van der Waals surface area contributed by atoms with Crippen molar-refractivity contribution in [3.8, 4) is 0 Å². The van der Waals surface area contributed by atoms with E-state index in [0.29, 0.717) is 10.6 Å². The summed E-state index contributed by atoms with van der Waals surface area (Å²) in [6, 6.07) is 13.1. The Morgan fingerprint density at radius 2 is 1.96 bits per heavy atom. The summed E-state index contributed by atoms with van der Waals surface area (Å²) in [7, 11) is -2.42. The minimum atomic E-state index is -3.75. The lowest BCUT2D eigenvalue weighted by Crippen LogP contribution is -2.36. The molecule has 2 aromatic carbocycles. The minimum absolute atomic E-state index is 0.105. The molecule has 0 aliphatic heterocycles. The van der Waals surface area contributed by atoms with Crippen molar-refractivity contribution in [2.45, 2.75) is 4.90 Å². The molecule has 9 heteroatoms. The molecular formula is C16H15BrClN3O3S. The third-order valence-electron chi connectivity index (χ3n) is 3.14. The van der Waals surface area contributed by atoms with Gasteiger partial charge in [0.1, 0.15) is 0 Å². The third kappa shape index (κ3) is 5.64. The summed E-state index contributed by atoms with van der Waals surface area (Å²) < 4.78 is 26.5. The third-order valence-corrected chi connectivity index (χ3v) is 5.72. The van der Waals surface area contributed by atoms with Gasteiger partial charge < -0.3 is 0 Å². The average Bonchev–Trinajstić information content (AvgIpc) is 2.55. The Morgan fingerprint density at radius 3 is 2.60 bits per heavy atom. The SMILES string of the molecule is CN(CC(=O)N/N=C\c1cccc(Cl)c1)S(=O)(=O)c1ccc(Br)cc1. The zero-order valence-electron chi connectivity index (χ0n) is 13.2. The molecule has 1 amide bonds. The summed E-state index contributed by atoms with van der Waals surface area (Å²) >= 11 is 9.09. The highest BCUT2D eigenvalue weighted by molar-refractivity contribution is 9.10. The summed E-state index contributed by atoms with van der Waals surface area (Å²) in [4.78, 5) is 12.0. The molecule has 0 heterocycles. The van der Waals surface area contributed by atoms with Crippen molar-refractivity contribution in [2.24, 2.45) is 5.10 Å². The van der Waals surface area contributed by atoms with Crippen molar-refractivity contribution < 1.29 is 13.2 Å². The lowest BCUT2D eigenvalue weighted by atomic mass is 10.2. The highest BCUT2D eigenvalue weighted by Crippen LogP contribution is 2.17. The number of hydrazone groups is 1. The number of rotatable bonds is 6. The Hall–Kier alpha value is -1.74. The van der Waals surface area contributed by atoms with Crippen molar-refractivity contribution in [1.29, 1.82) is 0 Å². The van der Waals surface area contributed by atoms with E-state index in [1.54, 1.807) is 36.4 Å². The average molecular weight is 445 g/mol. The Balaban J connectivity index is 1.96. The zero-order valence-corrected chi connectivity index (χ0v) is 16.3. The number of hydrogen-bond acceptors (Lipinski definition) is 4. The van der Waals surface area contributed by atoms with Gasteiger partial charge in [0, 0.05) is 16.5 Å². The van der Waals surface area contributed by atoms with Crippen LogP contribution in [0.3, 0.4) is 0 Å². The summed E-state index contributed by atoms with van der Waals surface area (Å²) in [6.45, 7) is -0.356. The highest BCUT2D eigenvalue weighted by Gasteiger charge is 2.22. The maximum atomic E-state index is 12.4. The van der Waals surface area contributed by atoms with Crippen LogP contribution in [0.1, 0.15) is 5.56 Å². The summed E-state index contributed by atoms with van der Waals surface area (Å²) in [6.07, 6.45) is 1.42. The lowest BCUT2D eigenvalue weighted by Gasteiger charge is -2.16. The maximum absolute atomic E-state index is 12.4. The number of nitrogens with one attached hydrogen (secondary N) is 1. The lowest BCUT2D eigenvalue weighted by molar-refractivity contribution is -0.121. The van der Waals surface area contributed by atoms with Gasteiger partial charge in [0.25, 0.3) is 5.91 Å². The number of amides is 1. The van der Waals surface area contributed by atoms with E-state index in [-0.39, 0.29) is 11.4 Å². The summed E-state index contributed by atoms with van der Waals surface area (Å²) in [5.74, 6) is -0.554. The second-order valence-corrected chi connectivity index (χ2v) is 8.46. The number of carbonyl (C=O) groups excluding carboxylic acids is 1. The van der Waals surface area contributed by atoms with Gasteiger partial charge in [0.2, 0.25) is 10.0 Å². The summed E-state index contributed by atoms with van der Waals surface area (Å²) in [5.41, 5.74) is 3.00. The Morgan fingerprint density at radius 1 is 1.28 bits per heavy atom. The fourth-order valence-corrected chi connectivity index (χ4v) is 3.46. The normalized spacial score (nSPS) is 11.8. The van der Waals surface area contributed by atoms with Crippen LogP contribution in [0.2, 0.25) is 5.02 Å². The van der Waals surface area contributed by atoms with Crippen LogP contribution in [0, 0.1) is 0 Å². The second kappa shape index (κ2) is 8.57. The van der Waals surface area contributed by atoms with Crippen LogP contribution in [0.4, 0.5) is 0 Å². The fraction of sp³-hybridized carbons (Fsp3) is 0.125. The molecule has 2 aromatic rings. The molecule has 0 atom stereocenters. The van der Waals surface area contributed by atoms with Crippen molar-refractivity contribution in [2.75, 3.05) is 13.6 Å². The zero-order chi connectivity index (χ0) is 18.4. The molecule has 0 aliphatic carbocycles. The molecular weight excluding hydrogens is 430 g/mol. The van der Waals surface area contributed by atoms with E-state index in [4.69, 9.17) is 11.6 Å². The van der Waals surface area contributed by atoms with Crippen molar-refractivity contribution in [1.82, 2.24) is 9.73 Å².